The third-order valence-corrected chi connectivity index (χ3v) is 4.34. The van der Waals surface area contributed by atoms with Crippen molar-refractivity contribution in [2.24, 2.45) is 0 Å². The third kappa shape index (κ3) is 4.26. The van der Waals surface area contributed by atoms with Gasteiger partial charge in [-0.2, -0.15) is 0 Å². The standard InChI is InChI=1S/C20H24N2O4/c1-21-16-9-7-15(8-10-16)20(23)22-11-12-25-17(13-22)14-26-19-6-4-3-5-18(19)24-2/h3-10,17,21H,11-14H2,1-2H3. The largest absolute Gasteiger partial charge is 0.493 e. The lowest BCUT2D eigenvalue weighted by atomic mass is 10.1. The van der Waals surface area contributed by atoms with Gasteiger partial charge in [-0.25, -0.2) is 0 Å². The Hall–Kier alpha value is -2.73. The smallest absolute Gasteiger partial charge is 0.254 e. The van der Waals surface area contributed by atoms with E-state index in [2.05, 4.69) is 5.32 Å². The number of rotatable bonds is 6. The molecule has 1 N–H and O–H groups in total. The average molecular weight is 356 g/mol. The van der Waals surface area contributed by atoms with E-state index in [1.165, 1.54) is 0 Å². The zero-order chi connectivity index (χ0) is 18.4. The molecule has 1 heterocycles. The highest BCUT2D eigenvalue weighted by Gasteiger charge is 2.25. The Kier molecular flexibility index (Phi) is 5.96. The molecule has 6 heteroatoms. The molecule has 6 nitrogen and oxygen atoms in total. The quantitative estimate of drug-likeness (QED) is 0.862. The molecule has 1 aliphatic rings. The van der Waals surface area contributed by atoms with E-state index in [9.17, 15) is 4.79 Å². The molecule has 0 saturated carbocycles. The van der Waals surface area contributed by atoms with E-state index in [0.717, 1.165) is 5.69 Å². The molecule has 1 aliphatic heterocycles. The zero-order valence-electron chi connectivity index (χ0n) is 15.1. The number of anilines is 1. The number of nitrogens with one attached hydrogen (secondary N) is 1. The van der Waals surface area contributed by atoms with Gasteiger partial charge in [-0.15, -0.1) is 0 Å². The van der Waals surface area contributed by atoms with Crippen LogP contribution in [0.5, 0.6) is 11.5 Å². The van der Waals surface area contributed by atoms with Gasteiger partial charge in [0.2, 0.25) is 0 Å². The van der Waals surface area contributed by atoms with Crippen molar-refractivity contribution in [2.45, 2.75) is 6.10 Å². The highest BCUT2D eigenvalue weighted by atomic mass is 16.5. The van der Waals surface area contributed by atoms with Crippen LogP contribution in [0.1, 0.15) is 10.4 Å². The Bertz CT molecular complexity index is 733. The highest BCUT2D eigenvalue weighted by molar-refractivity contribution is 5.94. The van der Waals surface area contributed by atoms with Gasteiger partial charge in [0, 0.05) is 24.8 Å². The number of para-hydroxylation sites is 2. The topological polar surface area (TPSA) is 60.0 Å². The molecule has 1 saturated heterocycles. The van der Waals surface area contributed by atoms with Crippen molar-refractivity contribution >= 4 is 11.6 Å². The first-order valence-corrected chi connectivity index (χ1v) is 8.65. The van der Waals surface area contributed by atoms with Crippen LogP contribution in [0.4, 0.5) is 5.69 Å². The summed E-state index contributed by atoms with van der Waals surface area (Å²) >= 11 is 0. The van der Waals surface area contributed by atoms with Gasteiger partial charge in [0.05, 0.1) is 20.3 Å². The molecule has 0 aliphatic carbocycles. The van der Waals surface area contributed by atoms with Gasteiger partial charge in [-0.1, -0.05) is 12.1 Å². The number of nitrogens with zero attached hydrogens (tertiary/aromatic N) is 1. The Morgan fingerprint density at radius 2 is 1.92 bits per heavy atom. The first kappa shape index (κ1) is 18.1. The number of methoxy groups -OCH3 is 1. The fourth-order valence-electron chi connectivity index (χ4n) is 2.89. The van der Waals surface area contributed by atoms with Crippen LogP contribution in [-0.2, 0) is 4.74 Å². The summed E-state index contributed by atoms with van der Waals surface area (Å²) in [6.45, 7) is 1.95. The summed E-state index contributed by atoms with van der Waals surface area (Å²) in [4.78, 5) is 14.5. The minimum atomic E-state index is -0.172. The van der Waals surface area contributed by atoms with Crippen LogP contribution in [0, 0.1) is 0 Å². The lowest BCUT2D eigenvalue weighted by Crippen LogP contribution is -2.47. The normalized spacial score (nSPS) is 16.8. The van der Waals surface area contributed by atoms with E-state index in [1.54, 1.807) is 7.11 Å². The number of amides is 1. The van der Waals surface area contributed by atoms with E-state index < -0.39 is 0 Å². The van der Waals surface area contributed by atoms with Crippen LogP contribution in [0.2, 0.25) is 0 Å². The molecule has 2 aromatic carbocycles. The van der Waals surface area contributed by atoms with Gasteiger partial charge < -0.3 is 24.4 Å². The Balaban J connectivity index is 1.59. The number of morpholine rings is 1. The summed E-state index contributed by atoms with van der Waals surface area (Å²) in [5.41, 5.74) is 1.65. The van der Waals surface area contributed by atoms with Crippen molar-refractivity contribution in [3.05, 3.63) is 54.1 Å². The maximum Gasteiger partial charge on any atom is 0.254 e. The van der Waals surface area contributed by atoms with Crippen LogP contribution in [0.3, 0.4) is 0 Å². The molecular formula is C20H24N2O4. The van der Waals surface area contributed by atoms with Crippen molar-refractivity contribution in [2.75, 3.05) is 45.8 Å². The van der Waals surface area contributed by atoms with Gasteiger partial charge in [0.25, 0.3) is 5.91 Å². The van der Waals surface area contributed by atoms with Crippen LogP contribution in [0.25, 0.3) is 0 Å². The summed E-state index contributed by atoms with van der Waals surface area (Å²) in [5.74, 6) is 1.36. The molecule has 0 radical (unpaired) electrons. The van der Waals surface area contributed by atoms with Crippen molar-refractivity contribution in [1.29, 1.82) is 0 Å². The van der Waals surface area contributed by atoms with Gasteiger partial charge in [0.15, 0.2) is 11.5 Å². The Labute approximate surface area is 153 Å². The summed E-state index contributed by atoms with van der Waals surface area (Å²) in [7, 11) is 3.46. The second-order valence-electron chi connectivity index (χ2n) is 6.03. The fourth-order valence-corrected chi connectivity index (χ4v) is 2.89. The monoisotopic (exact) mass is 356 g/mol. The molecule has 3 rings (SSSR count). The Morgan fingerprint density at radius 1 is 1.19 bits per heavy atom. The van der Waals surface area contributed by atoms with Crippen molar-refractivity contribution < 1.29 is 19.0 Å². The number of carbonyl (C=O) groups is 1. The van der Waals surface area contributed by atoms with Gasteiger partial charge in [-0.3, -0.25) is 4.79 Å². The Morgan fingerprint density at radius 3 is 2.62 bits per heavy atom. The minimum Gasteiger partial charge on any atom is -0.493 e. The molecule has 1 amide bonds. The maximum absolute atomic E-state index is 12.7. The zero-order valence-corrected chi connectivity index (χ0v) is 15.1. The van der Waals surface area contributed by atoms with E-state index in [0.29, 0.717) is 43.4 Å². The van der Waals surface area contributed by atoms with Crippen molar-refractivity contribution in [3.63, 3.8) is 0 Å². The number of ether oxygens (including phenoxy) is 3. The molecule has 2 aromatic rings. The minimum absolute atomic E-state index is 0.0123. The maximum atomic E-state index is 12.7. The number of benzene rings is 2. The molecule has 138 valence electrons. The van der Waals surface area contributed by atoms with Crippen molar-refractivity contribution in [3.8, 4) is 11.5 Å². The number of hydrogen-bond donors (Lipinski definition) is 1. The van der Waals surface area contributed by atoms with Gasteiger partial charge in [-0.05, 0) is 36.4 Å². The molecule has 0 bridgehead atoms. The van der Waals surface area contributed by atoms with Crippen LogP contribution < -0.4 is 14.8 Å². The van der Waals surface area contributed by atoms with Gasteiger partial charge in [0.1, 0.15) is 12.7 Å². The first-order valence-electron chi connectivity index (χ1n) is 8.65. The van der Waals surface area contributed by atoms with Crippen LogP contribution in [0.15, 0.2) is 48.5 Å². The van der Waals surface area contributed by atoms with E-state index in [4.69, 9.17) is 14.2 Å². The highest BCUT2D eigenvalue weighted by Crippen LogP contribution is 2.26. The van der Waals surface area contributed by atoms with E-state index >= 15 is 0 Å². The summed E-state index contributed by atoms with van der Waals surface area (Å²) in [6.07, 6.45) is -0.172. The van der Waals surface area contributed by atoms with Gasteiger partial charge >= 0.3 is 0 Å². The summed E-state index contributed by atoms with van der Waals surface area (Å²) in [6, 6.07) is 15.0. The third-order valence-electron chi connectivity index (χ3n) is 4.34. The molecule has 1 unspecified atom stereocenters. The van der Waals surface area contributed by atoms with Crippen LogP contribution in [-0.4, -0.2) is 57.4 Å². The molecule has 0 spiro atoms. The fraction of sp³-hybridized carbons (Fsp3) is 0.350. The van der Waals surface area contributed by atoms with Crippen molar-refractivity contribution in [1.82, 2.24) is 4.90 Å². The summed E-state index contributed by atoms with van der Waals surface area (Å²) in [5, 5.41) is 3.05. The number of carbonyl (C=O) groups excluding carboxylic acids is 1. The molecule has 0 aromatic heterocycles. The predicted molar refractivity (Wildman–Crippen MR) is 100 cm³/mol. The average Bonchev–Trinajstić information content (AvgIpc) is 2.72. The second-order valence-corrected chi connectivity index (χ2v) is 6.03. The molecule has 1 atom stereocenters. The van der Waals surface area contributed by atoms with E-state index in [1.807, 2.05) is 60.5 Å². The number of hydrogen-bond acceptors (Lipinski definition) is 5. The molecule has 26 heavy (non-hydrogen) atoms. The first-order chi connectivity index (χ1) is 12.7. The molecular weight excluding hydrogens is 332 g/mol. The summed E-state index contributed by atoms with van der Waals surface area (Å²) < 4.78 is 16.9. The lowest BCUT2D eigenvalue weighted by molar-refractivity contribution is -0.0403. The lowest BCUT2D eigenvalue weighted by Gasteiger charge is -2.33. The SMILES string of the molecule is CNc1ccc(C(=O)N2CCOC(COc3ccccc3OC)C2)cc1. The van der Waals surface area contributed by atoms with Crippen LogP contribution >= 0.6 is 0 Å². The second kappa shape index (κ2) is 8.58. The van der Waals surface area contributed by atoms with E-state index in [-0.39, 0.29) is 12.0 Å². The predicted octanol–water partition coefficient (Wildman–Crippen LogP) is 2.66. The molecule has 1 fully saturated rings.